The lowest BCUT2D eigenvalue weighted by Gasteiger charge is -2.47. The summed E-state index contributed by atoms with van der Waals surface area (Å²) in [6.45, 7) is 11.4. The Morgan fingerprint density at radius 2 is 1.50 bits per heavy atom. The van der Waals surface area contributed by atoms with Crippen molar-refractivity contribution >= 4 is 39.6 Å². The first-order chi connectivity index (χ1) is 26.1. The van der Waals surface area contributed by atoms with Crippen LogP contribution in [0.15, 0.2) is 129 Å². The Balaban J connectivity index is 1.23. The number of fused-ring (bicyclic) bond motifs is 12. The van der Waals surface area contributed by atoms with E-state index in [2.05, 4.69) is 137 Å². The van der Waals surface area contributed by atoms with Crippen LogP contribution in [0.2, 0.25) is 0 Å². The van der Waals surface area contributed by atoms with Gasteiger partial charge >= 0.3 is 0 Å². The molecule has 2 heterocycles. The van der Waals surface area contributed by atoms with E-state index in [1.807, 2.05) is 12.1 Å². The quantitative estimate of drug-likeness (QED) is 0.174. The van der Waals surface area contributed by atoms with E-state index in [0.717, 1.165) is 49.1 Å². The third kappa shape index (κ3) is 4.00. The molecule has 1 atom stereocenters. The zero-order valence-electron chi connectivity index (χ0n) is 31.9. The van der Waals surface area contributed by atoms with E-state index in [4.69, 9.17) is 4.42 Å². The number of hydrogen-bond acceptors (Lipinski definition) is 3. The summed E-state index contributed by atoms with van der Waals surface area (Å²) in [5.41, 5.74) is 19.3. The Morgan fingerprint density at radius 1 is 0.722 bits per heavy atom. The maximum atomic E-state index is 14.7. The number of para-hydroxylation sites is 1. The van der Waals surface area contributed by atoms with E-state index in [1.54, 1.807) is 5.57 Å². The second-order valence-electron chi connectivity index (χ2n) is 17.7. The van der Waals surface area contributed by atoms with E-state index < -0.39 is 5.41 Å². The van der Waals surface area contributed by atoms with Crippen LogP contribution in [0.25, 0.3) is 28.2 Å². The SMILES string of the molecule is CC(C)(C)c1cccc2oc3c(c(=O)c12)C=C(N1c2ccccc2C2(C4=C(CCC=C4)c4ccccc42)c2cc4c(cc21)C(C)(C)C1=C4C=CCC1)CC3. The normalized spacial score (nSPS) is 21.4. The largest absolute Gasteiger partial charge is 0.460 e. The average molecular weight is 704 g/mol. The van der Waals surface area contributed by atoms with Crippen molar-refractivity contribution in [3.8, 4) is 0 Å². The molecule has 11 rings (SSSR count). The van der Waals surface area contributed by atoms with Crippen LogP contribution in [0, 0.1) is 0 Å². The predicted molar refractivity (Wildman–Crippen MR) is 222 cm³/mol. The molecule has 4 aromatic carbocycles. The summed E-state index contributed by atoms with van der Waals surface area (Å²) in [5.74, 6) is 0.787. The van der Waals surface area contributed by atoms with E-state index in [1.165, 1.54) is 61.5 Å². The van der Waals surface area contributed by atoms with Crippen molar-refractivity contribution < 1.29 is 4.42 Å². The number of hydrogen-bond donors (Lipinski definition) is 0. The van der Waals surface area contributed by atoms with Gasteiger partial charge in [0, 0.05) is 17.5 Å². The fraction of sp³-hybridized carbons (Fsp3) is 0.275. The number of aryl methyl sites for hydroxylation is 1. The highest BCUT2D eigenvalue weighted by atomic mass is 16.3. The first-order valence-corrected chi connectivity index (χ1v) is 19.9. The Hall–Kier alpha value is -5.41. The average Bonchev–Trinajstić information content (AvgIpc) is 3.60. The maximum absolute atomic E-state index is 14.7. The second kappa shape index (κ2) is 10.8. The molecule has 0 amide bonds. The van der Waals surface area contributed by atoms with Gasteiger partial charge in [0.1, 0.15) is 11.3 Å². The monoisotopic (exact) mass is 703 g/mol. The topological polar surface area (TPSA) is 33.5 Å². The number of allylic oxidation sites excluding steroid dienone is 9. The minimum absolute atomic E-state index is 0.0709. The van der Waals surface area contributed by atoms with E-state index in [0.29, 0.717) is 23.0 Å². The lowest BCUT2D eigenvalue weighted by atomic mass is 9.62. The lowest BCUT2D eigenvalue weighted by molar-refractivity contribution is 0.524. The molecular formula is C51H45NO2. The van der Waals surface area contributed by atoms with E-state index in [-0.39, 0.29) is 16.3 Å². The highest BCUT2D eigenvalue weighted by Crippen LogP contribution is 2.65. The molecule has 0 saturated carbocycles. The second-order valence-corrected chi connectivity index (χ2v) is 17.7. The summed E-state index contributed by atoms with van der Waals surface area (Å²) in [6.07, 6.45) is 17.5. The van der Waals surface area contributed by atoms with Gasteiger partial charge in [0.05, 0.1) is 27.7 Å². The smallest absolute Gasteiger partial charge is 0.200 e. The van der Waals surface area contributed by atoms with Crippen LogP contribution in [0.4, 0.5) is 11.4 Å². The molecule has 0 radical (unpaired) electrons. The molecule has 3 nitrogen and oxygen atoms in total. The van der Waals surface area contributed by atoms with Gasteiger partial charge in [-0.15, -0.1) is 0 Å². The van der Waals surface area contributed by atoms with E-state index in [9.17, 15) is 4.79 Å². The zero-order chi connectivity index (χ0) is 36.7. The Bertz CT molecular complexity index is 2750. The van der Waals surface area contributed by atoms with Gasteiger partial charge in [-0.25, -0.2) is 0 Å². The van der Waals surface area contributed by atoms with Gasteiger partial charge < -0.3 is 9.32 Å². The van der Waals surface area contributed by atoms with Crippen molar-refractivity contribution in [1.29, 1.82) is 0 Å². The zero-order valence-corrected chi connectivity index (χ0v) is 31.9. The summed E-state index contributed by atoms with van der Waals surface area (Å²) >= 11 is 0. The first kappa shape index (κ1) is 32.1. The number of anilines is 2. The summed E-state index contributed by atoms with van der Waals surface area (Å²) in [5, 5.41) is 0.704. The molecule has 5 aliphatic carbocycles. The van der Waals surface area contributed by atoms with Gasteiger partial charge in [0.25, 0.3) is 0 Å². The molecule has 266 valence electrons. The minimum atomic E-state index is -0.462. The van der Waals surface area contributed by atoms with Crippen LogP contribution in [-0.2, 0) is 22.7 Å². The highest BCUT2D eigenvalue weighted by Gasteiger charge is 2.54. The fourth-order valence-electron chi connectivity index (χ4n) is 11.1. The van der Waals surface area contributed by atoms with Gasteiger partial charge in [0.15, 0.2) is 0 Å². The van der Waals surface area contributed by atoms with Crippen LogP contribution < -0.4 is 10.3 Å². The number of rotatable bonds is 1. The molecular weight excluding hydrogens is 659 g/mol. The molecule has 1 aliphatic heterocycles. The van der Waals surface area contributed by atoms with Gasteiger partial charge in [-0.3, -0.25) is 4.79 Å². The molecule has 0 fully saturated rings. The van der Waals surface area contributed by atoms with Crippen LogP contribution in [0.5, 0.6) is 0 Å². The molecule has 1 spiro atoms. The predicted octanol–water partition coefficient (Wildman–Crippen LogP) is 12.4. The summed E-state index contributed by atoms with van der Waals surface area (Å²) in [6, 6.07) is 29.5. The summed E-state index contributed by atoms with van der Waals surface area (Å²) in [4.78, 5) is 17.2. The first-order valence-electron chi connectivity index (χ1n) is 19.9. The third-order valence-electron chi connectivity index (χ3n) is 13.5. The molecule has 0 saturated heterocycles. The van der Waals surface area contributed by atoms with Crippen LogP contribution in [-0.4, -0.2) is 0 Å². The molecule has 0 bridgehead atoms. The molecule has 54 heavy (non-hydrogen) atoms. The van der Waals surface area contributed by atoms with Crippen LogP contribution in [0.3, 0.4) is 0 Å². The van der Waals surface area contributed by atoms with Crippen LogP contribution >= 0.6 is 0 Å². The fourth-order valence-corrected chi connectivity index (χ4v) is 11.1. The van der Waals surface area contributed by atoms with Crippen molar-refractivity contribution in [2.75, 3.05) is 4.90 Å². The van der Waals surface area contributed by atoms with Crippen molar-refractivity contribution in [1.82, 2.24) is 0 Å². The van der Waals surface area contributed by atoms with Crippen molar-refractivity contribution in [3.63, 3.8) is 0 Å². The van der Waals surface area contributed by atoms with E-state index >= 15 is 0 Å². The van der Waals surface area contributed by atoms with Crippen molar-refractivity contribution in [2.45, 2.75) is 89.4 Å². The van der Waals surface area contributed by atoms with Gasteiger partial charge in [-0.2, -0.15) is 0 Å². The molecule has 1 unspecified atom stereocenters. The Kier molecular flexibility index (Phi) is 6.44. The van der Waals surface area contributed by atoms with Crippen molar-refractivity contribution in [2.24, 2.45) is 0 Å². The summed E-state index contributed by atoms with van der Waals surface area (Å²) in [7, 11) is 0. The molecule has 3 heteroatoms. The molecule has 6 aliphatic rings. The minimum Gasteiger partial charge on any atom is -0.460 e. The summed E-state index contributed by atoms with van der Waals surface area (Å²) < 4.78 is 6.60. The molecule has 0 N–H and O–H groups in total. The standard InChI is InChI=1S/C51H45NO2/c1-49(2,3)40-22-14-24-46-47(40)48(53)35-27-30(25-26-45(35)54-46)52-43-23-13-12-21-39(43)51(37-19-10-7-15-31(37)32-16-8-11-20-38(32)51)42-28-34-33-17-6-9-18-36(33)50(4,5)41(34)29-44(42)52/h6-7,10-15,17,19-24,27-29H,8-9,16,18,25-26H2,1-5H3. The number of nitrogens with zero attached hydrogens (tertiary/aromatic N) is 1. The molecule has 1 aromatic heterocycles. The van der Waals surface area contributed by atoms with Crippen LogP contribution in [0.1, 0.15) is 117 Å². The maximum Gasteiger partial charge on any atom is 0.200 e. The lowest BCUT2D eigenvalue weighted by Crippen LogP contribution is -2.39. The Labute approximate surface area is 317 Å². The Morgan fingerprint density at radius 3 is 2.35 bits per heavy atom. The number of benzene rings is 4. The van der Waals surface area contributed by atoms with Gasteiger partial charge in [-0.05, 0) is 124 Å². The third-order valence-corrected chi connectivity index (χ3v) is 13.5. The highest BCUT2D eigenvalue weighted by molar-refractivity contribution is 5.98. The van der Waals surface area contributed by atoms with Gasteiger partial charge in [-0.1, -0.05) is 119 Å². The van der Waals surface area contributed by atoms with Crippen molar-refractivity contribution in [3.05, 3.63) is 181 Å². The van der Waals surface area contributed by atoms with Gasteiger partial charge in [0.2, 0.25) is 5.43 Å². The molecule has 5 aromatic rings.